The van der Waals surface area contributed by atoms with E-state index in [4.69, 9.17) is 4.55 Å². The second-order valence-corrected chi connectivity index (χ2v) is 8.19. The number of nitrogens with one attached hydrogen (secondary N) is 1. The summed E-state index contributed by atoms with van der Waals surface area (Å²) in [5, 5.41) is 1.43. The summed E-state index contributed by atoms with van der Waals surface area (Å²) in [5.41, 5.74) is 0. The fraction of sp³-hybridized carbons (Fsp3) is 0.941. The molecule has 0 saturated heterocycles. The third kappa shape index (κ3) is 10.7. The summed E-state index contributed by atoms with van der Waals surface area (Å²) in [6.45, 7) is 3.61. The normalized spacial score (nSPS) is 14.4. The molecule has 0 saturated carbocycles. The number of carbonyl (C=O) groups is 1. The summed E-state index contributed by atoms with van der Waals surface area (Å²) in [6, 6.07) is 0. The first-order valence-corrected chi connectivity index (χ1v) is 10.5. The Morgan fingerprint density at radius 2 is 1.39 bits per heavy atom. The van der Waals surface area contributed by atoms with Crippen molar-refractivity contribution in [2.75, 3.05) is 7.05 Å². The molecule has 2 unspecified atom stereocenters. The van der Waals surface area contributed by atoms with Crippen molar-refractivity contribution in [3.05, 3.63) is 0 Å². The molecule has 2 atom stereocenters. The first-order chi connectivity index (χ1) is 10.8. The van der Waals surface area contributed by atoms with Crippen molar-refractivity contribution >= 4 is 16.0 Å². The molecular weight excluding hydrogens is 314 g/mol. The highest BCUT2D eigenvalue weighted by atomic mass is 32.2. The van der Waals surface area contributed by atoms with Gasteiger partial charge in [0.1, 0.15) is 0 Å². The van der Waals surface area contributed by atoms with E-state index in [0.717, 1.165) is 19.3 Å². The lowest BCUT2D eigenvalue weighted by molar-refractivity contribution is -0.124. The van der Waals surface area contributed by atoms with Crippen LogP contribution in [-0.4, -0.2) is 31.2 Å². The van der Waals surface area contributed by atoms with Crippen LogP contribution in [-0.2, 0) is 14.9 Å². The summed E-state index contributed by atoms with van der Waals surface area (Å²) in [5.74, 6) is -0.991. The lowest BCUT2D eigenvalue weighted by Gasteiger charge is -2.20. The summed E-state index contributed by atoms with van der Waals surface area (Å²) in [6.07, 6.45) is 12.4. The van der Waals surface area contributed by atoms with Crippen LogP contribution in [0.3, 0.4) is 0 Å². The zero-order valence-corrected chi connectivity index (χ0v) is 15.8. The van der Waals surface area contributed by atoms with Gasteiger partial charge in [-0.15, -0.1) is 0 Å². The number of hydrogen-bond donors (Lipinski definition) is 2. The molecule has 138 valence electrons. The highest BCUT2D eigenvalue weighted by Crippen LogP contribution is 2.20. The average molecular weight is 350 g/mol. The quantitative estimate of drug-likeness (QED) is 0.367. The number of amides is 1. The number of hydrogen-bond acceptors (Lipinski definition) is 3. The SMILES string of the molecule is CCCCCCCCCCCCC(C(=O)NC)C(C)S(=O)(=O)O. The van der Waals surface area contributed by atoms with Crippen molar-refractivity contribution in [2.24, 2.45) is 5.92 Å². The molecule has 1 amide bonds. The van der Waals surface area contributed by atoms with Crippen LogP contribution >= 0.6 is 0 Å². The van der Waals surface area contributed by atoms with Gasteiger partial charge in [-0.3, -0.25) is 9.35 Å². The van der Waals surface area contributed by atoms with Gasteiger partial charge >= 0.3 is 0 Å². The van der Waals surface area contributed by atoms with E-state index in [2.05, 4.69) is 12.2 Å². The van der Waals surface area contributed by atoms with E-state index in [1.54, 1.807) is 0 Å². The number of rotatable bonds is 14. The van der Waals surface area contributed by atoms with Crippen LogP contribution in [0.4, 0.5) is 0 Å². The molecule has 0 aromatic rings. The largest absolute Gasteiger partial charge is 0.359 e. The molecule has 2 N–H and O–H groups in total. The van der Waals surface area contributed by atoms with Gasteiger partial charge in [0.05, 0.1) is 11.2 Å². The lowest BCUT2D eigenvalue weighted by Crippen LogP contribution is -2.38. The monoisotopic (exact) mass is 349 g/mol. The summed E-state index contributed by atoms with van der Waals surface area (Å²) in [4.78, 5) is 11.8. The Hall–Kier alpha value is -0.620. The molecule has 0 aromatic heterocycles. The fourth-order valence-corrected chi connectivity index (χ4v) is 3.50. The van der Waals surface area contributed by atoms with Gasteiger partial charge in [-0.2, -0.15) is 8.42 Å². The third-order valence-corrected chi connectivity index (χ3v) is 5.76. The van der Waals surface area contributed by atoms with Gasteiger partial charge in [0, 0.05) is 7.05 Å². The topological polar surface area (TPSA) is 83.5 Å². The average Bonchev–Trinajstić information content (AvgIpc) is 2.50. The molecule has 0 aliphatic heterocycles. The van der Waals surface area contributed by atoms with Crippen molar-refractivity contribution < 1.29 is 17.8 Å². The van der Waals surface area contributed by atoms with Gasteiger partial charge in [-0.05, 0) is 13.3 Å². The second kappa shape index (κ2) is 12.8. The number of carbonyl (C=O) groups excluding carboxylic acids is 1. The first-order valence-electron chi connectivity index (χ1n) is 9.02. The Morgan fingerprint density at radius 3 is 1.78 bits per heavy atom. The van der Waals surface area contributed by atoms with Gasteiger partial charge in [0.2, 0.25) is 5.91 Å². The standard InChI is InChI=1S/C17H35NO4S/c1-4-5-6-7-8-9-10-11-12-13-14-16(17(19)18-3)15(2)23(20,21)22/h15-16H,4-14H2,1-3H3,(H,18,19)(H,20,21,22). The van der Waals surface area contributed by atoms with Gasteiger partial charge in [-0.25, -0.2) is 0 Å². The molecule has 0 fully saturated rings. The molecule has 0 rings (SSSR count). The smallest absolute Gasteiger partial charge is 0.268 e. The third-order valence-electron chi connectivity index (χ3n) is 4.49. The molecule has 0 spiro atoms. The van der Waals surface area contributed by atoms with E-state index < -0.39 is 21.3 Å². The minimum atomic E-state index is -4.18. The van der Waals surface area contributed by atoms with Crippen molar-refractivity contribution in [1.82, 2.24) is 5.32 Å². The van der Waals surface area contributed by atoms with Gasteiger partial charge in [-0.1, -0.05) is 71.1 Å². The molecule has 0 heterocycles. The van der Waals surface area contributed by atoms with Gasteiger partial charge in [0.15, 0.2) is 0 Å². The Bertz CT molecular complexity index is 409. The summed E-state index contributed by atoms with van der Waals surface area (Å²) < 4.78 is 31.7. The molecule has 0 aromatic carbocycles. The highest BCUT2D eigenvalue weighted by molar-refractivity contribution is 7.86. The molecular formula is C17H35NO4S. The van der Waals surface area contributed by atoms with Crippen LogP contribution in [0, 0.1) is 5.92 Å². The van der Waals surface area contributed by atoms with Crippen LogP contribution < -0.4 is 5.32 Å². The van der Waals surface area contributed by atoms with Gasteiger partial charge < -0.3 is 5.32 Å². The fourth-order valence-electron chi connectivity index (χ4n) is 2.82. The Balaban J connectivity index is 3.91. The van der Waals surface area contributed by atoms with Crippen molar-refractivity contribution in [3.8, 4) is 0 Å². The Morgan fingerprint density at radius 1 is 0.957 bits per heavy atom. The first kappa shape index (κ1) is 22.4. The van der Waals surface area contributed by atoms with E-state index in [1.165, 1.54) is 58.9 Å². The van der Waals surface area contributed by atoms with Crippen molar-refractivity contribution in [2.45, 2.75) is 89.7 Å². The maximum Gasteiger partial charge on any atom is 0.268 e. The molecule has 23 heavy (non-hydrogen) atoms. The van der Waals surface area contributed by atoms with E-state index >= 15 is 0 Å². The van der Waals surface area contributed by atoms with Crippen molar-refractivity contribution in [1.29, 1.82) is 0 Å². The lowest BCUT2D eigenvalue weighted by atomic mass is 9.96. The van der Waals surface area contributed by atoms with E-state index in [0.29, 0.717) is 6.42 Å². The Kier molecular flexibility index (Phi) is 12.4. The molecule has 0 aliphatic carbocycles. The van der Waals surface area contributed by atoms with Crippen LogP contribution in [0.5, 0.6) is 0 Å². The predicted molar refractivity (Wildman–Crippen MR) is 95.0 cm³/mol. The van der Waals surface area contributed by atoms with E-state index in [9.17, 15) is 13.2 Å². The van der Waals surface area contributed by atoms with E-state index in [-0.39, 0.29) is 5.91 Å². The molecule has 5 nitrogen and oxygen atoms in total. The zero-order chi connectivity index (χ0) is 17.7. The zero-order valence-electron chi connectivity index (χ0n) is 15.0. The van der Waals surface area contributed by atoms with Crippen LogP contribution in [0.15, 0.2) is 0 Å². The van der Waals surface area contributed by atoms with Crippen LogP contribution in [0.25, 0.3) is 0 Å². The second-order valence-electron chi connectivity index (χ2n) is 6.41. The maximum absolute atomic E-state index is 11.8. The van der Waals surface area contributed by atoms with Crippen LogP contribution in [0.1, 0.15) is 84.5 Å². The number of unbranched alkanes of at least 4 members (excludes halogenated alkanes) is 9. The summed E-state index contributed by atoms with van der Waals surface area (Å²) >= 11 is 0. The Labute approximate surface area is 142 Å². The minimum Gasteiger partial charge on any atom is -0.359 e. The molecule has 6 heteroatoms. The highest BCUT2D eigenvalue weighted by Gasteiger charge is 2.32. The van der Waals surface area contributed by atoms with Crippen LogP contribution in [0.2, 0.25) is 0 Å². The summed E-state index contributed by atoms with van der Waals surface area (Å²) in [7, 11) is -2.69. The minimum absolute atomic E-state index is 0.314. The van der Waals surface area contributed by atoms with E-state index in [1.807, 2.05) is 0 Å². The molecule has 0 aliphatic rings. The maximum atomic E-state index is 11.8. The van der Waals surface area contributed by atoms with Gasteiger partial charge in [0.25, 0.3) is 10.1 Å². The molecule has 0 bridgehead atoms. The van der Waals surface area contributed by atoms with Crippen molar-refractivity contribution in [3.63, 3.8) is 0 Å². The predicted octanol–water partition coefficient (Wildman–Crippen LogP) is 3.94. The molecule has 0 radical (unpaired) electrons.